The van der Waals surface area contributed by atoms with Gasteiger partial charge in [-0.2, -0.15) is 0 Å². The Morgan fingerprint density at radius 2 is 0.885 bits per heavy atom. The Hall–Kier alpha value is 0.927. The van der Waals surface area contributed by atoms with Gasteiger partial charge in [-0.3, -0.25) is 0 Å². The number of hydrogen-bond donors (Lipinski definition) is 0. The first-order valence-corrected chi connectivity index (χ1v) is 15.1. The molecule has 0 rings (SSSR count). The van der Waals surface area contributed by atoms with Crippen LogP contribution in [-0.2, 0) is 18.9 Å². The monoisotopic (exact) mass is 450 g/mol. The highest BCUT2D eigenvalue weighted by molar-refractivity contribution is 7.64. The molecule has 0 aliphatic carbocycles. The molecular formula is C18H37Cl3O4Si. The maximum absolute atomic E-state index is 5.86. The van der Waals surface area contributed by atoms with Gasteiger partial charge in [0.2, 0.25) is 0 Å². The fourth-order valence-electron chi connectivity index (χ4n) is 2.45. The van der Waals surface area contributed by atoms with Crippen LogP contribution in [0.5, 0.6) is 0 Å². The second-order valence-electron chi connectivity index (χ2n) is 6.38. The van der Waals surface area contributed by atoms with Crippen LogP contribution in [0.3, 0.4) is 0 Å². The molecule has 0 heterocycles. The van der Waals surface area contributed by atoms with Crippen molar-refractivity contribution in [1.29, 1.82) is 0 Å². The summed E-state index contributed by atoms with van der Waals surface area (Å²) in [6.45, 7) is 4.59. The summed E-state index contributed by atoms with van der Waals surface area (Å²) < 4.78 is 21.2. The van der Waals surface area contributed by atoms with Gasteiger partial charge in [0.25, 0.3) is 0 Å². The lowest BCUT2D eigenvalue weighted by atomic mass is 10.1. The molecule has 8 heteroatoms. The molecule has 0 unspecified atom stereocenters. The predicted octanol–water partition coefficient (Wildman–Crippen LogP) is 5.85. The number of unbranched alkanes of at least 4 members (excludes halogenated alkanes) is 8. The topological polar surface area (TPSA) is 36.9 Å². The van der Waals surface area contributed by atoms with Crippen molar-refractivity contribution in [3.8, 4) is 0 Å². The second kappa shape index (κ2) is 20.7. The van der Waals surface area contributed by atoms with Crippen molar-refractivity contribution in [2.75, 3.05) is 53.4 Å². The lowest BCUT2D eigenvalue weighted by Crippen LogP contribution is -2.11. The third kappa shape index (κ3) is 24.9. The predicted molar refractivity (Wildman–Crippen MR) is 114 cm³/mol. The number of methoxy groups -OCH3 is 1. The molecule has 0 spiro atoms. The number of ether oxygens (including phenoxy) is 4. The normalized spacial score (nSPS) is 12.0. The van der Waals surface area contributed by atoms with Gasteiger partial charge >= 0.3 is 6.00 Å². The van der Waals surface area contributed by atoms with Gasteiger partial charge in [0.05, 0.1) is 39.6 Å². The van der Waals surface area contributed by atoms with E-state index in [9.17, 15) is 0 Å². The van der Waals surface area contributed by atoms with Crippen LogP contribution in [0.25, 0.3) is 0 Å². The molecule has 0 bridgehead atoms. The summed E-state index contributed by atoms with van der Waals surface area (Å²) in [7, 11) is 1.66. The second-order valence-corrected chi connectivity index (χ2v) is 15.7. The van der Waals surface area contributed by atoms with Gasteiger partial charge in [0.15, 0.2) is 0 Å². The van der Waals surface area contributed by atoms with Gasteiger partial charge in [-0.15, -0.1) is 33.2 Å². The number of halogens is 3. The van der Waals surface area contributed by atoms with Crippen LogP contribution in [0.4, 0.5) is 0 Å². The zero-order valence-corrected chi connectivity index (χ0v) is 19.6. The van der Waals surface area contributed by atoms with Crippen molar-refractivity contribution in [1.82, 2.24) is 0 Å². The largest absolute Gasteiger partial charge is 0.382 e. The van der Waals surface area contributed by atoms with E-state index in [1.54, 1.807) is 7.11 Å². The molecule has 0 aromatic carbocycles. The Morgan fingerprint density at radius 3 is 1.35 bits per heavy atom. The Labute approximate surface area is 175 Å². The molecule has 0 fully saturated rings. The highest BCUT2D eigenvalue weighted by Gasteiger charge is 2.23. The van der Waals surface area contributed by atoms with Crippen LogP contribution in [0.1, 0.15) is 57.8 Å². The molecule has 0 aliphatic heterocycles. The Bertz CT molecular complexity index is 282. The molecule has 158 valence electrons. The van der Waals surface area contributed by atoms with Gasteiger partial charge in [-0.05, 0) is 12.5 Å². The van der Waals surface area contributed by atoms with E-state index >= 15 is 0 Å². The molecule has 0 atom stereocenters. The van der Waals surface area contributed by atoms with Crippen molar-refractivity contribution in [3.63, 3.8) is 0 Å². The Morgan fingerprint density at radius 1 is 0.500 bits per heavy atom. The van der Waals surface area contributed by atoms with E-state index in [0.29, 0.717) is 39.6 Å². The highest BCUT2D eigenvalue weighted by atomic mass is 35.8. The molecule has 0 aromatic heterocycles. The van der Waals surface area contributed by atoms with Crippen LogP contribution < -0.4 is 0 Å². The summed E-state index contributed by atoms with van der Waals surface area (Å²) in [6.07, 6.45) is 11.1. The minimum Gasteiger partial charge on any atom is -0.382 e. The molecule has 26 heavy (non-hydrogen) atoms. The van der Waals surface area contributed by atoms with Gasteiger partial charge in [-0.25, -0.2) is 0 Å². The van der Waals surface area contributed by atoms with Gasteiger partial charge < -0.3 is 18.9 Å². The third-order valence-corrected chi connectivity index (χ3v) is 6.55. The molecular weight excluding hydrogens is 415 g/mol. The summed E-state index contributed by atoms with van der Waals surface area (Å²) in [5, 5.41) is 0. The minimum atomic E-state index is -2.38. The lowest BCUT2D eigenvalue weighted by Gasteiger charge is -2.07. The minimum absolute atomic E-state index is 0.609. The number of hydrogen-bond acceptors (Lipinski definition) is 4. The summed E-state index contributed by atoms with van der Waals surface area (Å²) in [4.78, 5) is 0. The molecule has 0 aromatic rings. The van der Waals surface area contributed by atoms with E-state index in [2.05, 4.69) is 0 Å². The van der Waals surface area contributed by atoms with Crippen molar-refractivity contribution >= 4 is 39.2 Å². The molecule has 0 saturated carbocycles. The smallest absolute Gasteiger partial charge is 0.341 e. The zero-order chi connectivity index (χ0) is 19.3. The average molecular weight is 452 g/mol. The van der Waals surface area contributed by atoms with Crippen LogP contribution in [0, 0.1) is 0 Å². The highest BCUT2D eigenvalue weighted by Crippen LogP contribution is 2.27. The maximum Gasteiger partial charge on any atom is 0.341 e. The average Bonchev–Trinajstić information content (AvgIpc) is 2.59. The van der Waals surface area contributed by atoms with Crippen LogP contribution >= 0.6 is 33.2 Å². The number of rotatable bonds is 21. The van der Waals surface area contributed by atoms with Gasteiger partial charge in [-0.1, -0.05) is 51.4 Å². The fourth-order valence-corrected chi connectivity index (χ4v) is 4.30. The van der Waals surface area contributed by atoms with Gasteiger partial charge in [0.1, 0.15) is 0 Å². The molecule has 0 amide bonds. The summed E-state index contributed by atoms with van der Waals surface area (Å²) >= 11 is 17.6. The van der Waals surface area contributed by atoms with E-state index in [-0.39, 0.29) is 0 Å². The van der Waals surface area contributed by atoms with Crippen molar-refractivity contribution < 1.29 is 18.9 Å². The van der Waals surface area contributed by atoms with E-state index in [4.69, 9.17) is 52.2 Å². The van der Waals surface area contributed by atoms with Crippen molar-refractivity contribution in [3.05, 3.63) is 0 Å². The lowest BCUT2D eigenvalue weighted by molar-refractivity contribution is 0.00323. The van der Waals surface area contributed by atoms with Crippen LogP contribution in [-0.4, -0.2) is 59.4 Å². The van der Waals surface area contributed by atoms with E-state index < -0.39 is 6.00 Å². The van der Waals surface area contributed by atoms with Crippen molar-refractivity contribution in [2.24, 2.45) is 0 Å². The Balaban J connectivity index is 3.01. The molecule has 0 aliphatic rings. The Kier molecular flexibility index (Phi) is 21.4. The summed E-state index contributed by atoms with van der Waals surface area (Å²) in [5.74, 6) is 0. The first kappa shape index (κ1) is 26.9. The summed E-state index contributed by atoms with van der Waals surface area (Å²) in [6, 6.07) is -1.59. The summed E-state index contributed by atoms with van der Waals surface area (Å²) in [5.41, 5.74) is 0. The quantitative estimate of drug-likeness (QED) is 0.125. The van der Waals surface area contributed by atoms with E-state index in [1.807, 2.05) is 0 Å². The van der Waals surface area contributed by atoms with Crippen molar-refractivity contribution in [2.45, 2.75) is 63.8 Å². The fraction of sp³-hybridized carbons (Fsp3) is 1.00. The van der Waals surface area contributed by atoms with E-state index in [1.165, 1.54) is 44.9 Å². The molecule has 0 saturated heterocycles. The SMILES string of the molecule is COCCOCCOCCOCCCCCCCCCCC[Si](Cl)(Cl)Cl. The van der Waals surface area contributed by atoms with Crippen LogP contribution in [0.15, 0.2) is 0 Å². The standard InChI is InChI=1S/C18H37Cl3O4Si/c1-22-12-13-24-16-17-25-15-14-23-11-9-7-5-3-2-4-6-8-10-18-26(19,20)21/h2-18H2,1H3. The first-order valence-electron chi connectivity index (χ1n) is 9.85. The first-order chi connectivity index (χ1) is 12.6. The maximum atomic E-state index is 5.86. The third-order valence-electron chi connectivity index (χ3n) is 3.92. The van der Waals surface area contributed by atoms with E-state index in [0.717, 1.165) is 25.5 Å². The molecule has 0 N–H and O–H groups in total. The molecule has 0 radical (unpaired) electrons. The van der Waals surface area contributed by atoms with Gasteiger partial charge in [0, 0.05) is 13.7 Å². The molecule has 4 nitrogen and oxygen atoms in total. The zero-order valence-electron chi connectivity index (χ0n) is 16.3. The van der Waals surface area contributed by atoms with Crippen LogP contribution in [0.2, 0.25) is 6.04 Å².